The lowest BCUT2D eigenvalue weighted by Gasteiger charge is -2.20. The summed E-state index contributed by atoms with van der Waals surface area (Å²) >= 11 is 15.5. The summed E-state index contributed by atoms with van der Waals surface area (Å²) < 4.78 is 6.69. The average Bonchev–Trinajstić information content (AvgIpc) is 2.33. The molecule has 0 bridgehead atoms. The smallest absolute Gasteiger partial charge is 0.139 e. The van der Waals surface area contributed by atoms with E-state index in [4.69, 9.17) is 27.9 Å². The lowest BCUT2D eigenvalue weighted by Crippen LogP contribution is -2.33. The highest BCUT2D eigenvalue weighted by atomic mass is 79.9. The monoisotopic (exact) mass is 367 g/mol. The van der Waals surface area contributed by atoms with Crippen molar-refractivity contribution < 1.29 is 4.74 Å². The zero-order chi connectivity index (χ0) is 14.4. The van der Waals surface area contributed by atoms with Crippen LogP contribution in [0.1, 0.15) is 27.2 Å². The Bertz CT molecular complexity index is 413. The summed E-state index contributed by atoms with van der Waals surface area (Å²) in [5.74, 6) is 1.26. The van der Waals surface area contributed by atoms with Crippen molar-refractivity contribution in [3.8, 4) is 5.75 Å². The Hall–Kier alpha value is 0.0400. The molecule has 0 amide bonds. The molecule has 0 heterocycles. The van der Waals surface area contributed by atoms with Gasteiger partial charge < -0.3 is 10.1 Å². The van der Waals surface area contributed by atoms with Crippen LogP contribution in [0.2, 0.25) is 10.0 Å². The lowest BCUT2D eigenvalue weighted by molar-refractivity contribution is 0.192. The van der Waals surface area contributed by atoms with Crippen LogP contribution in [-0.4, -0.2) is 19.2 Å². The van der Waals surface area contributed by atoms with Crippen LogP contribution in [0.3, 0.4) is 0 Å². The van der Waals surface area contributed by atoms with Crippen LogP contribution in [0.15, 0.2) is 16.6 Å². The maximum Gasteiger partial charge on any atom is 0.139 e. The molecule has 0 aromatic heterocycles. The van der Waals surface area contributed by atoms with Gasteiger partial charge in [-0.2, -0.15) is 0 Å². The number of hydrogen-bond acceptors (Lipinski definition) is 2. The molecule has 0 spiro atoms. The molecular formula is C14H20BrCl2NO. The van der Waals surface area contributed by atoms with Gasteiger partial charge in [0.25, 0.3) is 0 Å². The first kappa shape index (κ1) is 17.1. The minimum Gasteiger partial charge on any atom is -0.487 e. The van der Waals surface area contributed by atoms with Crippen LogP contribution in [0.4, 0.5) is 0 Å². The largest absolute Gasteiger partial charge is 0.487 e. The quantitative estimate of drug-likeness (QED) is 0.671. The highest BCUT2D eigenvalue weighted by Crippen LogP contribution is 2.34. The summed E-state index contributed by atoms with van der Waals surface area (Å²) in [6, 6.07) is 3.51. The van der Waals surface area contributed by atoms with E-state index in [9.17, 15) is 0 Å². The SMILES string of the molecule is CCC(CNCC(C)C)Oc1cc(Cl)c(Br)cc1Cl. The molecule has 0 saturated carbocycles. The van der Waals surface area contributed by atoms with E-state index < -0.39 is 0 Å². The zero-order valence-electron chi connectivity index (χ0n) is 11.5. The van der Waals surface area contributed by atoms with Gasteiger partial charge in [-0.1, -0.05) is 44.0 Å². The van der Waals surface area contributed by atoms with Gasteiger partial charge >= 0.3 is 0 Å². The van der Waals surface area contributed by atoms with Gasteiger partial charge in [0.1, 0.15) is 11.9 Å². The Balaban J connectivity index is 2.62. The van der Waals surface area contributed by atoms with Crippen molar-refractivity contribution in [1.29, 1.82) is 0 Å². The third-order valence-electron chi connectivity index (χ3n) is 2.65. The lowest BCUT2D eigenvalue weighted by atomic mass is 10.2. The first-order valence-corrected chi connectivity index (χ1v) is 8.00. The van der Waals surface area contributed by atoms with Crippen molar-refractivity contribution in [3.63, 3.8) is 0 Å². The molecule has 0 saturated heterocycles. The van der Waals surface area contributed by atoms with E-state index in [1.165, 1.54) is 0 Å². The minimum absolute atomic E-state index is 0.0912. The molecule has 0 aliphatic rings. The van der Waals surface area contributed by atoms with Gasteiger partial charge in [-0.05, 0) is 40.9 Å². The van der Waals surface area contributed by atoms with Gasteiger partial charge in [-0.15, -0.1) is 0 Å². The van der Waals surface area contributed by atoms with E-state index in [0.29, 0.717) is 21.7 Å². The fourth-order valence-corrected chi connectivity index (χ4v) is 2.41. The molecule has 19 heavy (non-hydrogen) atoms. The minimum atomic E-state index is 0.0912. The Morgan fingerprint density at radius 2 is 1.89 bits per heavy atom. The zero-order valence-corrected chi connectivity index (χ0v) is 14.6. The standard InChI is InChI=1S/C14H20BrCl2NO/c1-4-10(8-18-7-9(2)3)19-14-6-12(16)11(15)5-13(14)17/h5-6,9-10,18H,4,7-8H2,1-3H3. The van der Waals surface area contributed by atoms with Crippen LogP contribution in [-0.2, 0) is 0 Å². The molecule has 1 rings (SSSR count). The molecule has 2 nitrogen and oxygen atoms in total. The summed E-state index contributed by atoms with van der Waals surface area (Å²) in [6.07, 6.45) is 1.00. The third-order valence-corrected chi connectivity index (χ3v) is 4.14. The summed E-state index contributed by atoms with van der Waals surface area (Å²) in [4.78, 5) is 0. The number of halogens is 3. The summed E-state index contributed by atoms with van der Waals surface area (Å²) in [7, 11) is 0. The highest BCUT2D eigenvalue weighted by molar-refractivity contribution is 9.10. The predicted molar refractivity (Wildman–Crippen MR) is 86.6 cm³/mol. The summed E-state index contributed by atoms with van der Waals surface area (Å²) in [6.45, 7) is 8.24. The predicted octanol–water partition coefficient (Wildman–Crippen LogP) is 5.16. The van der Waals surface area contributed by atoms with Crippen LogP contribution in [0.5, 0.6) is 5.75 Å². The fraction of sp³-hybridized carbons (Fsp3) is 0.571. The Morgan fingerprint density at radius 1 is 1.21 bits per heavy atom. The second kappa shape index (κ2) is 8.35. The Kier molecular flexibility index (Phi) is 7.52. The second-order valence-electron chi connectivity index (χ2n) is 4.90. The van der Waals surface area contributed by atoms with E-state index in [2.05, 4.69) is 42.0 Å². The number of benzene rings is 1. The number of rotatable bonds is 7. The van der Waals surface area contributed by atoms with E-state index in [-0.39, 0.29) is 6.10 Å². The molecule has 1 atom stereocenters. The second-order valence-corrected chi connectivity index (χ2v) is 6.57. The van der Waals surface area contributed by atoms with Crippen LogP contribution in [0, 0.1) is 5.92 Å². The van der Waals surface area contributed by atoms with E-state index in [1.54, 1.807) is 12.1 Å². The van der Waals surface area contributed by atoms with E-state index in [0.717, 1.165) is 24.0 Å². The van der Waals surface area contributed by atoms with Crippen molar-refractivity contribution in [2.24, 2.45) is 5.92 Å². The van der Waals surface area contributed by atoms with Gasteiger partial charge in [0, 0.05) is 17.1 Å². The first-order valence-electron chi connectivity index (χ1n) is 6.46. The molecule has 0 aliphatic heterocycles. The van der Waals surface area contributed by atoms with E-state index in [1.807, 2.05) is 0 Å². The molecule has 1 aromatic rings. The average molecular weight is 369 g/mol. The summed E-state index contributed by atoms with van der Waals surface area (Å²) in [5.41, 5.74) is 0. The molecule has 0 aliphatic carbocycles. The Morgan fingerprint density at radius 3 is 2.47 bits per heavy atom. The number of nitrogens with one attached hydrogen (secondary N) is 1. The highest BCUT2D eigenvalue weighted by Gasteiger charge is 2.12. The van der Waals surface area contributed by atoms with Gasteiger partial charge in [0.05, 0.1) is 10.0 Å². The van der Waals surface area contributed by atoms with Gasteiger partial charge in [-0.3, -0.25) is 0 Å². The third kappa shape index (κ3) is 5.90. The molecule has 108 valence electrons. The van der Waals surface area contributed by atoms with Crippen LogP contribution in [0.25, 0.3) is 0 Å². The topological polar surface area (TPSA) is 21.3 Å². The van der Waals surface area contributed by atoms with Gasteiger partial charge in [0.15, 0.2) is 0 Å². The van der Waals surface area contributed by atoms with Crippen molar-refractivity contribution in [1.82, 2.24) is 5.32 Å². The Labute approximate surface area is 133 Å². The van der Waals surface area contributed by atoms with E-state index >= 15 is 0 Å². The van der Waals surface area contributed by atoms with Crippen LogP contribution >= 0.6 is 39.1 Å². The van der Waals surface area contributed by atoms with Gasteiger partial charge in [0.2, 0.25) is 0 Å². The molecule has 1 aromatic carbocycles. The van der Waals surface area contributed by atoms with Crippen molar-refractivity contribution in [3.05, 3.63) is 26.7 Å². The fourth-order valence-electron chi connectivity index (χ4n) is 1.58. The molecule has 1 N–H and O–H groups in total. The molecule has 5 heteroatoms. The molecular weight excluding hydrogens is 349 g/mol. The summed E-state index contributed by atoms with van der Waals surface area (Å²) in [5, 5.41) is 4.56. The van der Waals surface area contributed by atoms with Gasteiger partial charge in [-0.25, -0.2) is 0 Å². The number of ether oxygens (including phenoxy) is 1. The maximum absolute atomic E-state index is 6.15. The van der Waals surface area contributed by atoms with Crippen molar-refractivity contribution >= 4 is 39.1 Å². The normalized spacial score (nSPS) is 12.8. The number of hydrogen-bond donors (Lipinski definition) is 1. The first-order chi connectivity index (χ1) is 8.93. The van der Waals surface area contributed by atoms with Crippen molar-refractivity contribution in [2.75, 3.05) is 13.1 Å². The van der Waals surface area contributed by atoms with Crippen LogP contribution < -0.4 is 10.1 Å². The maximum atomic E-state index is 6.15. The molecule has 1 unspecified atom stereocenters. The van der Waals surface area contributed by atoms with Crippen molar-refractivity contribution in [2.45, 2.75) is 33.3 Å². The molecule has 0 fully saturated rings. The molecule has 0 radical (unpaired) electrons.